The Balaban J connectivity index is 2.12. The van der Waals surface area contributed by atoms with E-state index >= 15 is 0 Å². The van der Waals surface area contributed by atoms with Crippen molar-refractivity contribution in [3.8, 4) is 0 Å². The Kier molecular flexibility index (Phi) is 4.75. The Morgan fingerprint density at radius 3 is 2.53 bits per heavy atom. The molecule has 1 saturated heterocycles. The molecule has 0 aliphatic carbocycles. The first-order valence-corrected chi connectivity index (χ1v) is 7.35. The minimum atomic E-state index is 0.464. The van der Waals surface area contributed by atoms with E-state index in [1.54, 1.807) is 0 Å². The molecular weight excluding hydrogens is 236 g/mol. The molecule has 106 valence electrons. The van der Waals surface area contributed by atoms with Crippen LogP contribution in [0.5, 0.6) is 0 Å². The molecule has 1 aromatic heterocycles. The van der Waals surface area contributed by atoms with Gasteiger partial charge in [-0.25, -0.2) is 4.98 Å². The summed E-state index contributed by atoms with van der Waals surface area (Å²) in [6.07, 6.45) is 4.45. The molecule has 0 aromatic carbocycles. The summed E-state index contributed by atoms with van der Waals surface area (Å²) in [5.41, 5.74) is 2.06. The fraction of sp³-hybridized carbons (Fsp3) is 0.733. The van der Waals surface area contributed by atoms with E-state index in [1.807, 2.05) is 20.0 Å². The number of aryl methyl sites for hydroxylation is 2. The summed E-state index contributed by atoms with van der Waals surface area (Å²) in [5.74, 6) is 1.80. The van der Waals surface area contributed by atoms with Gasteiger partial charge in [0.25, 0.3) is 0 Å². The summed E-state index contributed by atoms with van der Waals surface area (Å²) in [5, 5.41) is 3.43. The summed E-state index contributed by atoms with van der Waals surface area (Å²) in [7, 11) is 0. The summed E-state index contributed by atoms with van der Waals surface area (Å²) in [6.45, 7) is 11.9. The van der Waals surface area contributed by atoms with Crippen LogP contribution in [0.25, 0.3) is 0 Å². The maximum atomic E-state index is 4.71. The van der Waals surface area contributed by atoms with Crippen LogP contribution in [0.2, 0.25) is 0 Å². The molecule has 4 heteroatoms. The van der Waals surface area contributed by atoms with E-state index < -0.39 is 0 Å². The Morgan fingerprint density at radius 1 is 1.26 bits per heavy atom. The summed E-state index contributed by atoms with van der Waals surface area (Å²) in [4.78, 5) is 11.6. The maximum absolute atomic E-state index is 4.71. The minimum absolute atomic E-state index is 0.464. The predicted molar refractivity (Wildman–Crippen MR) is 79.6 cm³/mol. The predicted octanol–water partition coefficient (Wildman–Crippen LogP) is 2.31. The number of hydrogen-bond acceptors (Lipinski definition) is 4. The van der Waals surface area contributed by atoms with Crippen LogP contribution < -0.4 is 10.2 Å². The first kappa shape index (κ1) is 14.3. The lowest BCUT2D eigenvalue weighted by atomic mass is 9.97. The third-order valence-corrected chi connectivity index (χ3v) is 4.01. The van der Waals surface area contributed by atoms with Gasteiger partial charge in [-0.2, -0.15) is 0 Å². The fourth-order valence-corrected chi connectivity index (χ4v) is 2.58. The number of nitrogens with one attached hydrogen (secondary N) is 1. The smallest absolute Gasteiger partial charge is 0.147 e. The first-order chi connectivity index (χ1) is 9.08. The van der Waals surface area contributed by atoms with Crippen molar-refractivity contribution in [1.29, 1.82) is 0 Å². The Labute approximate surface area is 116 Å². The number of nitrogens with zero attached hydrogens (tertiary/aromatic N) is 3. The van der Waals surface area contributed by atoms with E-state index in [-0.39, 0.29) is 0 Å². The average molecular weight is 262 g/mol. The SMILES string of the molecule is Cc1ncc(N(CC2CCNCC2)C(C)C)nc1C. The fourth-order valence-electron chi connectivity index (χ4n) is 2.58. The molecule has 1 aliphatic rings. The van der Waals surface area contributed by atoms with Crippen LogP contribution >= 0.6 is 0 Å². The highest BCUT2D eigenvalue weighted by atomic mass is 15.2. The molecule has 0 spiro atoms. The highest BCUT2D eigenvalue weighted by Crippen LogP contribution is 2.20. The zero-order valence-electron chi connectivity index (χ0n) is 12.6. The van der Waals surface area contributed by atoms with Gasteiger partial charge in [-0.1, -0.05) is 0 Å². The molecule has 0 amide bonds. The molecule has 2 rings (SSSR count). The van der Waals surface area contributed by atoms with E-state index in [4.69, 9.17) is 4.98 Å². The number of anilines is 1. The van der Waals surface area contributed by atoms with E-state index in [1.165, 1.54) is 12.8 Å². The van der Waals surface area contributed by atoms with Crippen molar-refractivity contribution < 1.29 is 0 Å². The molecule has 4 nitrogen and oxygen atoms in total. The van der Waals surface area contributed by atoms with Gasteiger partial charge in [-0.3, -0.25) is 4.98 Å². The largest absolute Gasteiger partial charge is 0.353 e. The van der Waals surface area contributed by atoms with Crippen LogP contribution in [-0.2, 0) is 0 Å². The molecule has 1 aromatic rings. The van der Waals surface area contributed by atoms with Gasteiger partial charge in [-0.15, -0.1) is 0 Å². The van der Waals surface area contributed by atoms with E-state index in [0.29, 0.717) is 6.04 Å². The normalized spacial score (nSPS) is 16.9. The minimum Gasteiger partial charge on any atom is -0.353 e. The quantitative estimate of drug-likeness (QED) is 0.904. The zero-order valence-corrected chi connectivity index (χ0v) is 12.6. The Morgan fingerprint density at radius 2 is 1.95 bits per heavy atom. The third-order valence-electron chi connectivity index (χ3n) is 4.01. The van der Waals surface area contributed by atoms with Crippen LogP contribution in [0.15, 0.2) is 6.20 Å². The molecular formula is C15H26N4. The van der Waals surface area contributed by atoms with Crippen LogP contribution in [-0.4, -0.2) is 35.6 Å². The lowest BCUT2D eigenvalue weighted by Gasteiger charge is -2.33. The molecule has 1 aliphatic heterocycles. The molecule has 1 N–H and O–H groups in total. The summed E-state index contributed by atoms with van der Waals surface area (Å²) in [6, 6.07) is 0.464. The van der Waals surface area contributed by atoms with Gasteiger partial charge >= 0.3 is 0 Å². The van der Waals surface area contributed by atoms with Crippen LogP contribution in [0.4, 0.5) is 5.82 Å². The Bertz CT molecular complexity index is 411. The average Bonchev–Trinajstić information content (AvgIpc) is 2.40. The molecule has 19 heavy (non-hydrogen) atoms. The van der Waals surface area contributed by atoms with Crippen LogP contribution in [0.1, 0.15) is 38.1 Å². The van der Waals surface area contributed by atoms with Gasteiger partial charge in [0.05, 0.1) is 17.6 Å². The van der Waals surface area contributed by atoms with Crippen molar-refractivity contribution >= 4 is 5.82 Å². The highest BCUT2D eigenvalue weighted by molar-refractivity contribution is 5.38. The molecule has 0 bridgehead atoms. The number of aromatic nitrogens is 2. The van der Waals surface area contributed by atoms with Crippen molar-refractivity contribution in [2.75, 3.05) is 24.5 Å². The molecule has 0 saturated carbocycles. The van der Waals surface area contributed by atoms with Crippen molar-refractivity contribution in [2.24, 2.45) is 5.92 Å². The van der Waals surface area contributed by atoms with Crippen molar-refractivity contribution in [3.63, 3.8) is 0 Å². The van der Waals surface area contributed by atoms with Crippen molar-refractivity contribution in [2.45, 2.75) is 46.6 Å². The second-order valence-corrected chi connectivity index (χ2v) is 5.84. The van der Waals surface area contributed by atoms with Gasteiger partial charge in [0.15, 0.2) is 0 Å². The van der Waals surface area contributed by atoms with E-state index in [9.17, 15) is 0 Å². The van der Waals surface area contributed by atoms with Gasteiger partial charge in [0.2, 0.25) is 0 Å². The summed E-state index contributed by atoms with van der Waals surface area (Å²) >= 11 is 0. The monoisotopic (exact) mass is 262 g/mol. The summed E-state index contributed by atoms with van der Waals surface area (Å²) < 4.78 is 0. The molecule has 0 unspecified atom stereocenters. The van der Waals surface area contributed by atoms with Crippen LogP contribution in [0.3, 0.4) is 0 Å². The van der Waals surface area contributed by atoms with Crippen molar-refractivity contribution in [3.05, 3.63) is 17.6 Å². The number of rotatable bonds is 4. The van der Waals surface area contributed by atoms with E-state index in [2.05, 4.69) is 29.0 Å². The standard InChI is InChI=1S/C15H26N4/c1-11(2)19(10-14-5-7-16-8-6-14)15-9-17-12(3)13(4)18-15/h9,11,14,16H,5-8,10H2,1-4H3. The zero-order chi connectivity index (χ0) is 13.8. The molecule has 1 fully saturated rings. The van der Waals surface area contributed by atoms with Gasteiger partial charge < -0.3 is 10.2 Å². The van der Waals surface area contributed by atoms with Gasteiger partial charge in [0, 0.05) is 12.6 Å². The second kappa shape index (κ2) is 6.33. The van der Waals surface area contributed by atoms with Gasteiger partial charge in [-0.05, 0) is 59.5 Å². The number of piperidine rings is 1. The third kappa shape index (κ3) is 3.66. The van der Waals surface area contributed by atoms with Crippen molar-refractivity contribution in [1.82, 2.24) is 15.3 Å². The van der Waals surface area contributed by atoms with Gasteiger partial charge in [0.1, 0.15) is 5.82 Å². The maximum Gasteiger partial charge on any atom is 0.147 e. The Hall–Kier alpha value is -1.16. The lowest BCUT2D eigenvalue weighted by Crippen LogP contribution is -2.40. The topological polar surface area (TPSA) is 41.1 Å². The first-order valence-electron chi connectivity index (χ1n) is 7.35. The lowest BCUT2D eigenvalue weighted by molar-refractivity contribution is 0.367. The van der Waals surface area contributed by atoms with Crippen LogP contribution in [0, 0.1) is 19.8 Å². The molecule has 0 radical (unpaired) electrons. The molecule has 2 heterocycles. The second-order valence-electron chi connectivity index (χ2n) is 5.84. The molecule has 0 atom stereocenters. The highest BCUT2D eigenvalue weighted by Gasteiger charge is 2.20. The van der Waals surface area contributed by atoms with E-state index in [0.717, 1.165) is 42.8 Å². The number of hydrogen-bond donors (Lipinski definition) is 1.